The molecule has 0 bridgehead atoms. The number of carbonyl (C=O) groups is 1. The molecule has 3 aliphatic rings. The Balaban J connectivity index is 1.24. The van der Waals surface area contributed by atoms with Crippen molar-refractivity contribution >= 4 is 5.91 Å². The second kappa shape index (κ2) is 10.4. The zero-order chi connectivity index (χ0) is 28.1. The van der Waals surface area contributed by atoms with Crippen molar-refractivity contribution in [1.82, 2.24) is 24.7 Å². The number of aryl methyl sites for hydroxylation is 2. The van der Waals surface area contributed by atoms with Crippen LogP contribution < -0.4 is 0 Å². The molecule has 2 fully saturated rings. The van der Waals surface area contributed by atoms with Gasteiger partial charge in [-0.05, 0) is 70.2 Å². The molecule has 1 aromatic heterocycles. The Labute approximate surface area is 228 Å². The highest BCUT2D eigenvalue weighted by Crippen LogP contribution is 2.47. The molecule has 3 heterocycles. The topological polar surface area (TPSA) is 61.8 Å². The molecule has 5 rings (SSSR count). The molecular formula is C29H38F3N5O2. The third kappa shape index (κ3) is 5.18. The summed E-state index contributed by atoms with van der Waals surface area (Å²) in [7, 11) is 1.57. The van der Waals surface area contributed by atoms with Gasteiger partial charge in [-0.25, -0.2) is 9.97 Å². The van der Waals surface area contributed by atoms with Crippen LogP contribution in [0.25, 0.3) is 0 Å². The summed E-state index contributed by atoms with van der Waals surface area (Å²) in [5.41, 5.74) is 3.00. The number of fused-ring (bicyclic) bond motifs is 1. The second-order valence-electron chi connectivity index (χ2n) is 11.6. The largest absolute Gasteiger partial charge is 0.416 e. The number of rotatable bonds is 4. The lowest BCUT2D eigenvalue weighted by molar-refractivity contribution is -0.137. The first-order valence-corrected chi connectivity index (χ1v) is 13.7. The summed E-state index contributed by atoms with van der Waals surface area (Å²) in [4.78, 5) is 28.6. The summed E-state index contributed by atoms with van der Waals surface area (Å²) >= 11 is 0. The van der Waals surface area contributed by atoms with Gasteiger partial charge in [0.15, 0.2) is 0 Å². The van der Waals surface area contributed by atoms with E-state index in [2.05, 4.69) is 33.6 Å². The van der Waals surface area contributed by atoms with E-state index in [1.54, 1.807) is 13.2 Å². The highest BCUT2D eigenvalue weighted by molar-refractivity contribution is 5.96. The Bertz CT molecular complexity index is 1210. The number of carbonyl (C=O) groups excluding carboxylic acids is 1. The van der Waals surface area contributed by atoms with Crippen LogP contribution in [0, 0.1) is 13.8 Å². The standard InChI is InChI=1S/C29H38F3N5O2/c1-18-16-36(28(4)8-10-35(11-9-28)27(38)26-19(2)33-17-34-20(26)3)12-13-37(18)24-15-25(39-5)23-14-21(29(30,31)32)6-7-22(23)24/h6-7,14,17-18,24-25H,8-13,15-16H2,1-5H3/t18?,24-,25?/m0/s1. The number of aromatic nitrogens is 2. The number of alkyl halides is 3. The molecule has 7 nitrogen and oxygen atoms in total. The van der Waals surface area contributed by atoms with Crippen molar-refractivity contribution in [2.24, 2.45) is 0 Å². The first-order chi connectivity index (χ1) is 18.4. The normalized spacial score (nSPS) is 26.1. The van der Waals surface area contributed by atoms with E-state index in [4.69, 9.17) is 4.74 Å². The maximum absolute atomic E-state index is 13.4. The van der Waals surface area contributed by atoms with Crippen LogP contribution in [0.15, 0.2) is 24.5 Å². The molecule has 2 aliphatic heterocycles. The molecule has 2 unspecified atom stereocenters. The molecule has 2 aromatic rings. The van der Waals surface area contributed by atoms with Gasteiger partial charge in [-0.15, -0.1) is 0 Å². The third-order valence-corrected chi connectivity index (χ3v) is 9.25. The molecule has 212 valence electrons. The fourth-order valence-electron chi connectivity index (χ4n) is 6.82. The van der Waals surface area contributed by atoms with E-state index < -0.39 is 11.7 Å². The van der Waals surface area contributed by atoms with E-state index in [-0.39, 0.29) is 29.6 Å². The van der Waals surface area contributed by atoms with Crippen LogP contribution in [0.4, 0.5) is 13.2 Å². The van der Waals surface area contributed by atoms with Gasteiger partial charge in [0.1, 0.15) is 6.33 Å². The maximum Gasteiger partial charge on any atom is 0.416 e. The minimum Gasteiger partial charge on any atom is -0.377 e. The van der Waals surface area contributed by atoms with E-state index in [1.807, 2.05) is 18.7 Å². The Morgan fingerprint density at radius 1 is 1.05 bits per heavy atom. The SMILES string of the molecule is COC1C[C@H](N2CCN(C3(C)CCN(C(=O)c4c(C)ncnc4C)CC3)CC2C)c2ccc(C(F)(F)F)cc21. The quantitative estimate of drug-likeness (QED) is 0.542. The molecule has 0 spiro atoms. The number of amides is 1. The molecule has 3 atom stereocenters. The van der Waals surface area contributed by atoms with Crippen molar-refractivity contribution in [3.8, 4) is 0 Å². The fourth-order valence-corrected chi connectivity index (χ4v) is 6.82. The fraction of sp³-hybridized carbons (Fsp3) is 0.621. The number of halogens is 3. The van der Waals surface area contributed by atoms with Crippen LogP contribution in [0.3, 0.4) is 0 Å². The van der Waals surface area contributed by atoms with Crippen molar-refractivity contribution in [2.75, 3.05) is 39.8 Å². The van der Waals surface area contributed by atoms with Gasteiger partial charge in [0.25, 0.3) is 5.91 Å². The number of benzene rings is 1. The van der Waals surface area contributed by atoms with Crippen molar-refractivity contribution in [2.45, 2.75) is 76.9 Å². The van der Waals surface area contributed by atoms with E-state index in [0.29, 0.717) is 42.0 Å². The minimum absolute atomic E-state index is 0.00659. The van der Waals surface area contributed by atoms with Crippen LogP contribution in [0.2, 0.25) is 0 Å². The summed E-state index contributed by atoms with van der Waals surface area (Å²) in [6.07, 6.45) is -0.778. The van der Waals surface area contributed by atoms with Crippen molar-refractivity contribution in [3.63, 3.8) is 0 Å². The first-order valence-electron chi connectivity index (χ1n) is 13.7. The number of hydrogen-bond donors (Lipinski definition) is 0. The van der Waals surface area contributed by atoms with Gasteiger partial charge in [-0.1, -0.05) is 6.07 Å². The van der Waals surface area contributed by atoms with Gasteiger partial charge in [-0.3, -0.25) is 14.6 Å². The second-order valence-corrected chi connectivity index (χ2v) is 11.6. The number of nitrogens with zero attached hydrogens (tertiary/aromatic N) is 5. The highest BCUT2D eigenvalue weighted by atomic mass is 19.4. The summed E-state index contributed by atoms with van der Waals surface area (Å²) in [6.45, 7) is 12.2. The molecule has 1 amide bonds. The average molecular weight is 546 g/mol. The Morgan fingerprint density at radius 2 is 1.72 bits per heavy atom. The van der Waals surface area contributed by atoms with Gasteiger partial charge in [0, 0.05) is 57.5 Å². The maximum atomic E-state index is 13.4. The summed E-state index contributed by atoms with van der Waals surface area (Å²) < 4.78 is 45.7. The Morgan fingerprint density at radius 3 is 2.31 bits per heavy atom. The molecule has 2 saturated heterocycles. The Hall–Kier alpha value is -2.56. The number of piperidine rings is 1. The molecule has 0 radical (unpaired) electrons. The highest BCUT2D eigenvalue weighted by Gasteiger charge is 2.44. The smallest absolute Gasteiger partial charge is 0.377 e. The number of piperazine rings is 1. The van der Waals surface area contributed by atoms with Gasteiger partial charge < -0.3 is 9.64 Å². The lowest BCUT2D eigenvalue weighted by atomic mass is 9.86. The molecule has 1 aromatic carbocycles. The molecule has 10 heteroatoms. The van der Waals surface area contributed by atoms with Crippen LogP contribution in [-0.2, 0) is 10.9 Å². The number of methoxy groups -OCH3 is 1. The molecular weight excluding hydrogens is 507 g/mol. The average Bonchev–Trinajstić information content (AvgIpc) is 3.26. The van der Waals surface area contributed by atoms with Gasteiger partial charge in [0.2, 0.25) is 0 Å². The molecule has 0 N–H and O–H groups in total. The van der Waals surface area contributed by atoms with Crippen molar-refractivity contribution in [1.29, 1.82) is 0 Å². The Kier molecular flexibility index (Phi) is 7.50. The summed E-state index contributed by atoms with van der Waals surface area (Å²) in [5, 5.41) is 0. The van der Waals surface area contributed by atoms with Gasteiger partial charge >= 0.3 is 6.18 Å². The number of ether oxygens (including phenoxy) is 1. The number of hydrogen-bond acceptors (Lipinski definition) is 6. The van der Waals surface area contributed by atoms with E-state index in [0.717, 1.165) is 38.0 Å². The van der Waals surface area contributed by atoms with E-state index in [1.165, 1.54) is 18.5 Å². The summed E-state index contributed by atoms with van der Waals surface area (Å²) in [5.74, 6) is 0.00659. The lowest BCUT2D eigenvalue weighted by Crippen LogP contribution is -2.62. The molecule has 39 heavy (non-hydrogen) atoms. The lowest BCUT2D eigenvalue weighted by Gasteiger charge is -2.52. The van der Waals surface area contributed by atoms with Crippen LogP contribution in [-0.4, -0.2) is 82.0 Å². The zero-order valence-corrected chi connectivity index (χ0v) is 23.4. The van der Waals surface area contributed by atoms with Crippen LogP contribution in [0.1, 0.15) is 83.7 Å². The van der Waals surface area contributed by atoms with Crippen molar-refractivity contribution < 1.29 is 22.7 Å². The van der Waals surface area contributed by atoms with Gasteiger partial charge in [0.05, 0.1) is 28.6 Å². The summed E-state index contributed by atoms with van der Waals surface area (Å²) in [6, 6.07) is 4.39. The number of likely N-dealkylation sites (tertiary alicyclic amines) is 1. The van der Waals surface area contributed by atoms with E-state index in [9.17, 15) is 18.0 Å². The minimum atomic E-state index is -4.37. The predicted molar refractivity (Wildman–Crippen MR) is 141 cm³/mol. The van der Waals surface area contributed by atoms with Crippen LogP contribution in [0.5, 0.6) is 0 Å². The third-order valence-electron chi connectivity index (χ3n) is 9.25. The molecule has 0 saturated carbocycles. The van der Waals surface area contributed by atoms with Crippen LogP contribution >= 0.6 is 0 Å². The monoisotopic (exact) mass is 545 g/mol. The molecule has 1 aliphatic carbocycles. The van der Waals surface area contributed by atoms with Gasteiger partial charge in [-0.2, -0.15) is 13.2 Å². The first kappa shape index (κ1) is 28.0. The predicted octanol–water partition coefficient (Wildman–Crippen LogP) is 4.95. The van der Waals surface area contributed by atoms with Crippen molar-refractivity contribution in [3.05, 3.63) is 58.2 Å². The van der Waals surface area contributed by atoms with E-state index >= 15 is 0 Å². The zero-order valence-electron chi connectivity index (χ0n) is 23.4.